The van der Waals surface area contributed by atoms with E-state index in [1.165, 1.54) is 0 Å². The summed E-state index contributed by atoms with van der Waals surface area (Å²) in [5.74, 6) is 1.20. The monoisotopic (exact) mass is 233 g/mol. The first kappa shape index (κ1) is 11.9. The Morgan fingerprint density at radius 2 is 2.06 bits per heavy atom. The van der Waals surface area contributed by atoms with Gasteiger partial charge in [0.2, 0.25) is 0 Å². The zero-order chi connectivity index (χ0) is 12.6. The lowest BCUT2D eigenvalue weighted by molar-refractivity contribution is 0.801. The molecule has 2 heterocycles. The molecule has 0 spiro atoms. The van der Waals surface area contributed by atoms with E-state index in [0.717, 1.165) is 35.4 Å². The number of pyridine rings is 1. The van der Waals surface area contributed by atoms with Crippen LogP contribution in [0.3, 0.4) is 0 Å². The first-order chi connectivity index (χ1) is 8.08. The number of nitrogens with one attached hydrogen (secondary N) is 1. The maximum Gasteiger partial charge on any atom is 0.274 e. The lowest BCUT2D eigenvalue weighted by Gasteiger charge is -2.10. The maximum absolute atomic E-state index is 12.3. The zero-order valence-corrected chi connectivity index (χ0v) is 10.9. The predicted molar refractivity (Wildman–Crippen MR) is 68.7 cm³/mol. The van der Waals surface area contributed by atoms with Crippen molar-refractivity contribution in [3.05, 3.63) is 33.4 Å². The molecule has 0 aromatic carbocycles. The van der Waals surface area contributed by atoms with Gasteiger partial charge in [-0.25, -0.2) is 4.98 Å². The summed E-state index contributed by atoms with van der Waals surface area (Å²) in [6, 6.07) is 2.03. The summed E-state index contributed by atoms with van der Waals surface area (Å²) in [6.45, 7) is 8.26. The van der Waals surface area contributed by atoms with Crippen LogP contribution in [0.15, 0.2) is 10.9 Å². The van der Waals surface area contributed by atoms with Gasteiger partial charge in [0.15, 0.2) is 5.65 Å². The molecule has 0 unspecified atom stereocenters. The fourth-order valence-electron chi connectivity index (χ4n) is 2.16. The van der Waals surface area contributed by atoms with Crippen LogP contribution in [-0.2, 0) is 12.8 Å². The molecule has 92 valence electrons. The van der Waals surface area contributed by atoms with Crippen molar-refractivity contribution in [2.75, 3.05) is 0 Å². The molecule has 2 rings (SSSR count). The van der Waals surface area contributed by atoms with E-state index >= 15 is 0 Å². The van der Waals surface area contributed by atoms with Crippen LogP contribution in [0, 0.1) is 0 Å². The molecule has 2 aromatic heterocycles. The topological polar surface area (TPSA) is 50.2 Å². The molecule has 0 saturated carbocycles. The molecule has 1 N–H and O–H groups in total. The van der Waals surface area contributed by atoms with Crippen LogP contribution in [0.25, 0.3) is 5.65 Å². The first-order valence-electron chi connectivity index (χ1n) is 6.21. The molecule has 0 aliphatic carbocycles. The Morgan fingerprint density at radius 1 is 1.35 bits per heavy atom. The van der Waals surface area contributed by atoms with Gasteiger partial charge >= 0.3 is 0 Å². The van der Waals surface area contributed by atoms with E-state index in [4.69, 9.17) is 0 Å². The number of nitrogens with zero attached hydrogens (tertiary/aromatic N) is 2. The Kier molecular flexibility index (Phi) is 3.05. The summed E-state index contributed by atoms with van der Waals surface area (Å²) in [5, 5.41) is 3.05. The van der Waals surface area contributed by atoms with Crippen molar-refractivity contribution in [1.82, 2.24) is 14.6 Å². The average Bonchev–Trinajstić information content (AvgIpc) is 2.72. The van der Waals surface area contributed by atoms with Gasteiger partial charge in [0, 0.05) is 12.0 Å². The van der Waals surface area contributed by atoms with E-state index < -0.39 is 0 Å². The standard InChI is InChI=1S/C13H19N3O/c1-5-9-10(8(3)4)7-12-14-11(6-2)15-16(12)13(9)17/h7-8H,5-6H2,1-4H3,(H,14,15). The van der Waals surface area contributed by atoms with E-state index in [2.05, 4.69) is 23.9 Å². The van der Waals surface area contributed by atoms with Gasteiger partial charge in [-0.1, -0.05) is 27.7 Å². The van der Waals surface area contributed by atoms with Crippen LogP contribution in [-0.4, -0.2) is 14.6 Å². The third-order valence-electron chi connectivity index (χ3n) is 3.12. The minimum atomic E-state index is 0.0425. The first-order valence-corrected chi connectivity index (χ1v) is 6.21. The van der Waals surface area contributed by atoms with Crippen LogP contribution in [0.1, 0.15) is 50.6 Å². The Labute approximate surface area is 101 Å². The second kappa shape index (κ2) is 4.35. The molecule has 0 atom stereocenters. The number of aryl methyl sites for hydroxylation is 1. The normalized spacial score (nSPS) is 11.6. The van der Waals surface area contributed by atoms with Gasteiger partial charge in [-0.2, -0.15) is 4.52 Å². The molecule has 2 aromatic rings. The van der Waals surface area contributed by atoms with Crippen molar-refractivity contribution in [1.29, 1.82) is 0 Å². The molecule has 0 aliphatic heterocycles. The van der Waals surface area contributed by atoms with Crippen LogP contribution >= 0.6 is 0 Å². The largest absolute Gasteiger partial charge is 0.276 e. The second-order valence-corrected chi connectivity index (χ2v) is 4.61. The summed E-state index contributed by atoms with van der Waals surface area (Å²) in [4.78, 5) is 16.7. The quantitative estimate of drug-likeness (QED) is 0.884. The third kappa shape index (κ3) is 1.88. The maximum atomic E-state index is 12.3. The third-order valence-corrected chi connectivity index (χ3v) is 3.12. The van der Waals surface area contributed by atoms with Crippen LogP contribution < -0.4 is 5.56 Å². The van der Waals surface area contributed by atoms with Gasteiger partial charge in [-0.15, -0.1) is 0 Å². The summed E-state index contributed by atoms with van der Waals surface area (Å²) in [7, 11) is 0. The predicted octanol–water partition coefficient (Wildman–Crippen LogP) is 2.27. The number of fused-ring (bicyclic) bond motifs is 1. The number of rotatable bonds is 3. The molecular weight excluding hydrogens is 214 g/mol. The van der Waals surface area contributed by atoms with E-state index in [0.29, 0.717) is 5.92 Å². The Balaban J connectivity index is 2.80. The molecule has 17 heavy (non-hydrogen) atoms. The highest BCUT2D eigenvalue weighted by Gasteiger charge is 2.14. The van der Waals surface area contributed by atoms with Crippen LogP contribution in [0.5, 0.6) is 0 Å². The Bertz CT molecular complexity index is 592. The van der Waals surface area contributed by atoms with Crippen LogP contribution in [0.2, 0.25) is 0 Å². The van der Waals surface area contributed by atoms with Crippen molar-refractivity contribution in [2.24, 2.45) is 0 Å². The highest BCUT2D eigenvalue weighted by molar-refractivity contribution is 5.45. The smallest absolute Gasteiger partial charge is 0.274 e. The van der Waals surface area contributed by atoms with Gasteiger partial charge in [0.25, 0.3) is 5.56 Å². The van der Waals surface area contributed by atoms with Crippen LogP contribution in [0.4, 0.5) is 0 Å². The van der Waals surface area contributed by atoms with E-state index in [1.54, 1.807) is 4.52 Å². The van der Waals surface area contributed by atoms with E-state index in [1.807, 2.05) is 19.9 Å². The second-order valence-electron chi connectivity index (χ2n) is 4.61. The molecule has 4 nitrogen and oxygen atoms in total. The van der Waals surface area contributed by atoms with E-state index in [-0.39, 0.29) is 5.56 Å². The summed E-state index contributed by atoms with van der Waals surface area (Å²) in [5.41, 5.74) is 2.78. The average molecular weight is 233 g/mol. The molecule has 0 saturated heterocycles. The molecule has 4 heteroatoms. The number of hydrogen-bond donors (Lipinski definition) is 1. The van der Waals surface area contributed by atoms with Gasteiger partial charge in [0.05, 0.1) is 0 Å². The highest BCUT2D eigenvalue weighted by atomic mass is 16.1. The molecule has 0 radical (unpaired) electrons. The lowest BCUT2D eigenvalue weighted by Crippen LogP contribution is -2.21. The Morgan fingerprint density at radius 3 is 2.59 bits per heavy atom. The molecular formula is C13H19N3O. The van der Waals surface area contributed by atoms with Crippen molar-refractivity contribution in [3.8, 4) is 0 Å². The van der Waals surface area contributed by atoms with Gasteiger partial charge < -0.3 is 0 Å². The highest BCUT2D eigenvalue weighted by Crippen LogP contribution is 2.18. The molecule has 0 bridgehead atoms. The summed E-state index contributed by atoms with van der Waals surface area (Å²) < 4.78 is 1.56. The fraction of sp³-hybridized carbons (Fsp3) is 0.538. The van der Waals surface area contributed by atoms with Crippen molar-refractivity contribution in [2.45, 2.75) is 46.5 Å². The van der Waals surface area contributed by atoms with Crippen molar-refractivity contribution in [3.63, 3.8) is 0 Å². The number of aromatic nitrogens is 3. The minimum Gasteiger partial charge on any atom is -0.276 e. The number of hydrogen-bond acceptors (Lipinski definition) is 2. The Hall–Kier alpha value is -1.58. The number of H-pyrrole nitrogens is 1. The van der Waals surface area contributed by atoms with Crippen molar-refractivity contribution >= 4 is 5.65 Å². The molecule has 0 aliphatic rings. The van der Waals surface area contributed by atoms with Crippen molar-refractivity contribution < 1.29 is 0 Å². The van der Waals surface area contributed by atoms with E-state index in [9.17, 15) is 4.79 Å². The summed E-state index contributed by atoms with van der Waals surface area (Å²) in [6.07, 6.45) is 1.56. The minimum absolute atomic E-state index is 0.0425. The number of aromatic amines is 1. The summed E-state index contributed by atoms with van der Waals surface area (Å²) >= 11 is 0. The molecule has 0 fully saturated rings. The molecule has 0 amide bonds. The lowest BCUT2D eigenvalue weighted by atomic mass is 9.97. The SMILES string of the molecule is CCc1nc2cc(C(C)C)c(CC)c(=O)n2[nH]1. The van der Waals surface area contributed by atoms with Gasteiger partial charge in [-0.05, 0) is 24.0 Å². The zero-order valence-electron chi connectivity index (χ0n) is 10.9. The van der Waals surface area contributed by atoms with Gasteiger partial charge in [0.1, 0.15) is 5.82 Å². The fourth-order valence-corrected chi connectivity index (χ4v) is 2.16. The van der Waals surface area contributed by atoms with Gasteiger partial charge in [-0.3, -0.25) is 9.89 Å².